The molecule has 0 unspecified atom stereocenters. The zero-order valence-electron chi connectivity index (χ0n) is 16.9. The van der Waals surface area contributed by atoms with E-state index in [2.05, 4.69) is 12.2 Å². The Morgan fingerprint density at radius 1 is 1.00 bits per heavy atom. The molecule has 160 valence electrons. The minimum absolute atomic E-state index is 0.0852. The highest BCUT2D eigenvalue weighted by Crippen LogP contribution is 2.34. The Labute approximate surface area is 178 Å². The van der Waals surface area contributed by atoms with E-state index < -0.39 is 7.60 Å². The second kappa shape index (κ2) is 12.4. The number of ether oxygens (including phenoxy) is 1. The molecule has 0 heterocycles. The van der Waals surface area contributed by atoms with Crippen molar-refractivity contribution in [3.63, 3.8) is 0 Å². The Balaban J connectivity index is 1.82. The van der Waals surface area contributed by atoms with Gasteiger partial charge in [-0.25, -0.2) is 0 Å². The molecule has 0 spiro atoms. The zero-order chi connectivity index (χ0) is 21.1. The molecule has 0 radical (unpaired) electrons. The normalized spacial score (nSPS) is 11.6. The lowest BCUT2D eigenvalue weighted by molar-refractivity contribution is 0.305. The maximum atomic E-state index is 10.8. The third-order valence-electron chi connectivity index (χ3n) is 4.61. The minimum atomic E-state index is -3.90. The van der Waals surface area contributed by atoms with Gasteiger partial charge in [0.15, 0.2) is 0 Å². The first kappa shape index (κ1) is 23.9. The van der Waals surface area contributed by atoms with E-state index in [1.165, 1.54) is 19.3 Å². The fraction of sp³-hybridized carbons (Fsp3) is 0.455. The van der Waals surface area contributed by atoms with Crippen LogP contribution in [0.3, 0.4) is 0 Å². The van der Waals surface area contributed by atoms with E-state index in [1.54, 1.807) is 0 Å². The molecule has 0 saturated carbocycles. The van der Waals surface area contributed by atoms with Crippen LogP contribution in [0.4, 0.5) is 0 Å². The molecule has 3 N–H and O–H groups in total. The molecule has 0 aliphatic heterocycles. The fourth-order valence-corrected chi connectivity index (χ4v) is 3.77. The van der Waals surface area contributed by atoms with E-state index in [9.17, 15) is 4.57 Å². The van der Waals surface area contributed by atoms with Crippen LogP contribution < -0.4 is 10.1 Å². The highest BCUT2D eigenvalue weighted by Gasteiger charge is 2.11. The van der Waals surface area contributed by atoms with Crippen LogP contribution in [-0.2, 0) is 11.1 Å². The molecule has 0 fully saturated rings. The molecule has 0 saturated heterocycles. The number of unbranched alkanes of at least 4 members (excludes halogenated alkanes) is 3. The molecule has 0 aromatic heterocycles. The third kappa shape index (κ3) is 9.33. The molecule has 7 heteroatoms. The Bertz CT molecular complexity index is 792. The van der Waals surface area contributed by atoms with Gasteiger partial charge in [0.1, 0.15) is 5.75 Å². The summed E-state index contributed by atoms with van der Waals surface area (Å²) in [6, 6.07) is 14.0. The van der Waals surface area contributed by atoms with Gasteiger partial charge in [0.25, 0.3) is 0 Å². The molecule has 0 aliphatic carbocycles. The van der Waals surface area contributed by atoms with E-state index in [4.69, 9.17) is 26.1 Å². The zero-order valence-corrected chi connectivity index (χ0v) is 18.6. The van der Waals surface area contributed by atoms with Crippen molar-refractivity contribution in [2.75, 3.05) is 19.3 Å². The van der Waals surface area contributed by atoms with Gasteiger partial charge in [-0.2, -0.15) is 0 Å². The topological polar surface area (TPSA) is 78.8 Å². The van der Waals surface area contributed by atoms with E-state index >= 15 is 0 Å². The second-order valence-corrected chi connectivity index (χ2v) is 9.35. The average molecular weight is 440 g/mol. The van der Waals surface area contributed by atoms with Crippen molar-refractivity contribution in [2.24, 2.45) is 0 Å². The summed E-state index contributed by atoms with van der Waals surface area (Å²) < 4.78 is 16.6. The summed E-state index contributed by atoms with van der Waals surface area (Å²) in [5.74, 6) is 0.725. The lowest BCUT2D eigenvalue weighted by Crippen LogP contribution is -2.15. The summed E-state index contributed by atoms with van der Waals surface area (Å²) >= 11 is 6.39. The van der Waals surface area contributed by atoms with Crippen LogP contribution in [0.5, 0.6) is 5.75 Å². The van der Waals surface area contributed by atoms with Crippen LogP contribution in [0.25, 0.3) is 11.1 Å². The summed E-state index contributed by atoms with van der Waals surface area (Å²) in [6.45, 7) is 4.11. The van der Waals surface area contributed by atoms with Crippen LogP contribution in [0.2, 0.25) is 5.02 Å². The van der Waals surface area contributed by atoms with Crippen LogP contribution in [0.1, 0.15) is 44.6 Å². The van der Waals surface area contributed by atoms with Crippen molar-refractivity contribution in [3.8, 4) is 16.9 Å². The molecule has 29 heavy (non-hydrogen) atoms. The van der Waals surface area contributed by atoms with Crippen molar-refractivity contribution < 1.29 is 19.1 Å². The molecule has 0 atom stereocenters. The van der Waals surface area contributed by atoms with Crippen LogP contribution in [0, 0.1) is 0 Å². The van der Waals surface area contributed by atoms with Gasteiger partial charge in [-0.15, -0.1) is 0 Å². The van der Waals surface area contributed by atoms with Gasteiger partial charge in [-0.1, -0.05) is 68.1 Å². The van der Waals surface area contributed by atoms with E-state index in [0.29, 0.717) is 31.1 Å². The predicted molar refractivity (Wildman–Crippen MR) is 120 cm³/mol. The first-order valence-electron chi connectivity index (χ1n) is 10.2. The van der Waals surface area contributed by atoms with Gasteiger partial charge >= 0.3 is 7.60 Å². The monoisotopic (exact) mass is 439 g/mol. The van der Waals surface area contributed by atoms with Crippen LogP contribution in [0.15, 0.2) is 42.5 Å². The van der Waals surface area contributed by atoms with Crippen LogP contribution >= 0.6 is 19.2 Å². The van der Waals surface area contributed by atoms with Crippen molar-refractivity contribution >= 4 is 19.2 Å². The van der Waals surface area contributed by atoms with E-state index in [-0.39, 0.29) is 6.16 Å². The Morgan fingerprint density at radius 3 is 2.38 bits per heavy atom. The maximum absolute atomic E-state index is 10.8. The Hall–Kier alpha value is -1.36. The van der Waals surface area contributed by atoms with Crippen molar-refractivity contribution in [1.29, 1.82) is 0 Å². The molecule has 2 aromatic rings. The smallest absolute Gasteiger partial charge is 0.325 e. The van der Waals surface area contributed by atoms with Crippen molar-refractivity contribution in [2.45, 2.75) is 45.6 Å². The summed E-state index contributed by atoms with van der Waals surface area (Å²) in [5, 5.41) is 3.82. The largest absolute Gasteiger partial charge is 0.492 e. The minimum Gasteiger partial charge on any atom is -0.492 e. The Kier molecular flexibility index (Phi) is 10.2. The van der Waals surface area contributed by atoms with Gasteiger partial charge < -0.3 is 19.8 Å². The highest BCUT2D eigenvalue weighted by molar-refractivity contribution is 7.51. The Morgan fingerprint density at radius 2 is 1.72 bits per heavy atom. The molecular formula is C22H31ClNO4P. The molecule has 2 aromatic carbocycles. The second-order valence-electron chi connectivity index (χ2n) is 7.17. The number of rotatable bonds is 13. The van der Waals surface area contributed by atoms with Crippen molar-refractivity contribution in [1.82, 2.24) is 5.32 Å². The highest BCUT2D eigenvalue weighted by atomic mass is 35.5. The number of hydrogen-bond acceptors (Lipinski definition) is 3. The third-order valence-corrected chi connectivity index (χ3v) is 5.80. The number of halogens is 1. The van der Waals surface area contributed by atoms with E-state index in [1.807, 2.05) is 42.5 Å². The van der Waals surface area contributed by atoms with E-state index in [0.717, 1.165) is 28.9 Å². The molecule has 0 aliphatic rings. The lowest BCUT2D eigenvalue weighted by Gasteiger charge is -2.10. The molecule has 2 rings (SSSR count). The number of hydrogen-bond donors (Lipinski definition) is 3. The molecular weight excluding hydrogens is 409 g/mol. The van der Waals surface area contributed by atoms with Gasteiger partial charge in [0.2, 0.25) is 0 Å². The fourth-order valence-electron chi connectivity index (χ4n) is 2.97. The van der Waals surface area contributed by atoms with Gasteiger partial charge in [-0.05, 0) is 48.2 Å². The summed E-state index contributed by atoms with van der Waals surface area (Å²) in [4.78, 5) is 17.7. The standard InChI is InChI=1S/C22H31ClNO4P/c1-2-3-4-5-14-28-22-12-11-20(16-21(22)23)19-9-7-18(8-10-19)17-24-13-6-15-29(25,26)27/h7-12,16,24H,2-6,13-15,17H2,1H3,(H2,25,26,27). The summed E-state index contributed by atoms with van der Waals surface area (Å²) in [7, 11) is -3.90. The number of nitrogens with one attached hydrogen (secondary N) is 1. The average Bonchev–Trinajstić information content (AvgIpc) is 2.68. The summed E-state index contributed by atoms with van der Waals surface area (Å²) in [5.41, 5.74) is 3.23. The maximum Gasteiger partial charge on any atom is 0.325 e. The predicted octanol–water partition coefficient (Wildman–Crippen LogP) is 5.62. The van der Waals surface area contributed by atoms with Gasteiger partial charge in [0.05, 0.1) is 17.8 Å². The molecule has 5 nitrogen and oxygen atoms in total. The first-order valence-corrected chi connectivity index (χ1v) is 12.3. The van der Waals surface area contributed by atoms with Crippen molar-refractivity contribution in [3.05, 3.63) is 53.1 Å². The number of benzene rings is 2. The lowest BCUT2D eigenvalue weighted by atomic mass is 10.0. The first-order chi connectivity index (χ1) is 13.9. The van der Waals surface area contributed by atoms with Gasteiger partial charge in [-0.3, -0.25) is 4.57 Å². The quantitative estimate of drug-likeness (QED) is 0.278. The molecule has 0 amide bonds. The summed E-state index contributed by atoms with van der Waals surface area (Å²) in [6.07, 6.45) is 5.03. The van der Waals surface area contributed by atoms with Gasteiger partial charge in [0, 0.05) is 6.54 Å². The SMILES string of the molecule is CCCCCCOc1ccc(-c2ccc(CNCCCP(=O)(O)O)cc2)cc1Cl. The van der Waals surface area contributed by atoms with Crippen LogP contribution in [-0.4, -0.2) is 29.1 Å². The molecule has 0 bridgehead atoms.